The van der Waals surface area contributed by atoms with Crippen molar-refractivity contribution in [2.45, 2.75) is 0 Å². The molecule has 4 N–H and O–H groups in total. The number of nitrogens with zero attached hydrogens (tertiary/aromatic N) is 2. The maximum Gasteiger partial charge on any atom is 0.143 e. The quantitative estimate of drug-likeness (QED) is 0.353. The van der Waals surface area contributed by atoms with Crippen LogP contribution in [0.3, 0.4) is 0 Å². The van der Waals surface area contributed by atoms with E-state index in [0.29, 0.717) is 0 Å². The van der Waals surface area contributed by atoms with Gasteiger partial charge >= 0.3 is 0 Å². The highest BCUT2D eigenvalue weighted by molar-refractivity contribution is 5.96. The second kappa shape index (κ2) is 3.36. The van der Waals surface area contributed by atoms with E-state index in [2.05, 4.69) is 9.97 Å². The Balaban J connectivity index is 2.59. The number of hydrogen-bond donors (Lipinski definition) is 4. The van der Waals surface area contributed by atoms with Gasteiger partial charge in [0.1, 0.15) is 45.1 Å². The molecule has 0 amide bonds. The lowest BCUT2D eigenvalue weighted by molar-refractivity contribution is 0.464. The van der Waals surface area contributed by atoms with Crippen molar-refractivity contribution in [3.8, 4) is 23.0 Å². The molecule has 0 saturated heterocycles. The highest BCUT2D eigenvalue weighted by atomic mass is 16.3. The Bertz CT molecular complexity index is 657. The van der Waals surface area contributed by atoms with E-state index in [1.54, 1.807) is 0 Å². The van der Waals surface area contributed by atoms with Crippen LogP contribution in [0.5, 0.6) is 23.0 Å². The van der Waals surface area contributed by atoms with Gasteiger partial charge in [0.25, 0.3) is 0 Å². The van der Waals surface area contributed by atoms with E-state index in [1.807, 2.05) is 0 Å². The van der Waals surface area contributed by atoms with Crippen LogP contribution >= 0.6 is 0 Å². The summed E-state index contributed by atoms with van der Waals surface area (Å²) in [4.78, 5) is 8.03. The summed E-state index contributed by atoms with van der Waals surface area (Å²) in [6.45, 7) is 0. The number of phenolic OH excluding ortho intramolecular Hbond substituents is 4. The van der Waals surface area contributed by atoms with Gasteiger partial charge in [-0.1, -0.05) is 0 Å². The number of rotatable bonds is 0. The van der Waals surface area contributed by atoms with Crippen LogP contribution in [0.15, 0.2) is 24.3 Å². The topological polar surface area (TPSA) is 107 Å². The largest absolute Gasteiger partial charge is 0.506 e. The monoisotopic (exact) mass is 244 g/mol. The number of fused-ring (bicyclic) bond motifs is 2. The van der Waals surface area contributed by atoms with Crippen molar-refractivity contribution in [3.63, 3.8) is 0 Å². The molecule has 0 aliphatic carbocycles. The lowest BCUT2D eigenvalue weighted by atomic mass is 10.2. The minimum absolute atomic E-state index is 0.0587. The van der Waals surface area contributed by atoms with Crippen molar-refractivity contribution in [3.05, 3.63) is 24.3 Å². The second-order valence-corrected chi connectivity index (χ2v) is 3.83. The SMILES string of the molecule is Oc1ccc(O)c2nc3c(O)ccc(O)c3nc12. The zero-order valence-electron chi connectivity index (χ0n) is 8.99. The van der Waals surface area contributed by atoms with Gasteiger partial charge in [-0.05, 0) is 24.3 Å². The van der Waals surface area contributed by atoms with Crippen LogP contribution in [-0.2, 0) is 0 Å². The van der Waals surface area contributed by atoms with Crippen molar-refractivity contribution in [1.82, 2.24) is 9.97 Å². The molecule has 0 aliphatic rings. The number of aromatic nitrogens is 2. The standard InChI is InChI=1S/C12H8N2O4/c15-5-1-2-6(16)10-9(5)13-11-7(17)3-4-8(18)12(11)14-10/h1-4,15-18H. The third-order valence-corrected chi connectivity index (χ3v) is 2.66. The zero-order valence-corrected chi connectivity index (χ0v) is 8.99. The lowest BCUT2D eigenvalue weighted by Gasteiger charge is -2.06. The summed E-state index contributed by atoms with van der Waals surface area (Å²) < 4.78 is 0. The van der Waals surface area contributed by atoms with Gasteiger partial charge in [0.2, 0.25) is 0 Å². The molecule has 2 aromatic carbocycles. The summed E-state index contributed by atoms with van der Waals surface area (Å²) in [6.07, 6.45) is 0. The first kappa shape index (κ1) is 10.4. The van der Waals surface area contributed by atoms with Gasteiger partial charge in [-0.3, -0.25) is 0 Å². The number of phenols is 4. The van der Waals surface area contributed by atoms with Crippen molar-refractivity contribution in [2.75, 3.05) is 0 Å². The van der Waals surface area contributed by atoms with E-state index in [4.69, 9.17) is 0 Å². The minimum atomic E-state index is -0.167. The predicted molar refractivity (Wildman–Crippen MR) is 63.7 cm³/mol. The van der Waals surface area contributed by atoms with Crippen molar-refractivity contribution in [1.29, 1.82) is 0 Å². The van der Waals surface area contributed by atoms with Crippen molar-refractivity contribution >= 4 is 22.1 Å². The molecule has 90 valence electrons. The fraction of sp³-hybridized carbons (Fsp3) is 0. The first-order valence-corrected chi connectivity index (χ1v) is 5.11. The molecule has 0 atom stereocenters. The average Bonchev–Trinajstić information content (AvgIpc) is 2.37. The molecule has 3 rings (SSSR count). The van der Waals surface area contributed by atoms with Crippen LogP contribution < -0.4 is 0 Å². The van der Waals surface area contributed by atoms with Crippen LogP contribution in [-0.4, -0.2) is 30.4 Å². The molecule has 0 radical (unpaired) electrons. The number of aromatic hydroxyl groups is 4. The zero-order chi connectivity index (χ0) is 12.9. The summed E-state index contributed by atoms with van der Waals surface area (Å²) in [5.41, 5.74) is 0.235. The number of benzene rings is 2. The van der Waals surface area contributed by atoms with E-state index < -0.39 is 0 Å². The van der Waals surface area contributed by atoms with Crippen LogP contribution in [0.4, 0.5) is 0 Å². The number of hydrogen-bond acceptors (Lipinski definition) is 6. The maximum atomic E-state index is 9.66. The summed E-state index contributed by atoms with van der Waals surface area (Å²) in [5, 5.41) is 38.6. The fourth-order valence-corrected chi connectivity index (χ4v) is 1.78. The first-order valence-electron chi connectivity index (χ1n) is 5.11. The molecule has 0 bridgehead atoms. The Morgan fingerprint density at radius 3 is 0.944 bits per heavy atom. The third-order valence-electron chi connectivity index (χ3n) is 2.66. The van der Waals surface area contributed by atoms with Gasteiger partial charge in [0.05, 0.1) is 0 Å². The van der Waals surface area contributed by atoms with Gasteiger partial charge < -0.3 is 20.4 Å². The van der Waals surface area contributed by atoms with Crippen molar-refractivity contribution in [2.24, 2.45) is 0 Å². The first-order chi connectivity index (χ1) is 8.58. The molecule has 1 heterocycles. The second-order valence-electron chi connectivity index (χ2n) is 3.83. The highest BCUT2D eigenvalue weighted by Crippen LogP contribution is 2.35. The van der Waals surface area contributed by atoms with E-state index in [1.165, 1.54) is 24.3 Å². The van der Waals surface area contributed by atoms with Gasteiger partial charge in [-0.2, -0.15) is 0 Å². The Morgan fingerprint density at radius 1 is 0.500 bits per heavy atom. The summed E-state index contributed by atoms with van der Waals surface area (Å²) in [5.74, 6) is -0.667. The van der Waals surface area contributed by atoms with Gasteiger partial charge in [-0.15, -0.1) is 0 Å². The Labute approximate surface area is 100 Å². The van der Waals surface area contributed by atoms with E-state index in [-0.39, 0.29) is 45.1 Å². The van der Waals surface area contributed by atoms with E-state index in [9.17, 15) is 20.4 Å². The molecule has 0 unspecified atom stereocenters. The molecular formula is C12H8N2O4. The molecule has 1 aromatic heterocycles. The Morgan fingerprint density at radius 2 is 0.722 bits per heavy atom. The minimum Gasteiger partial charge on any atom is -0.506 e. The fourth-order valence-electron chi connectivity index (χ4n) is 1.78. The van der Waals surface area contributed by atoms with Gasteiger partial charge in [0.15, 0.2) is 0 Å². The average molecular weight is 244 g/mol. The molecule has 0 fully saturated rings. The van der Waals surface area contributed by atoms with Crippen LogP contribution in [0.1, 0.15) is 0 Å². The summed E-state index contributed by atoms with van der Waals surface area (Å²) in [6, 6.07) is 5.10. The van der Waals surface area contributed by atoms with Gasteiger partial charge in [0, 0.05) is 0 Å². The normalized spacial score (nSPS) is 11.1. The summed E-state index contributed by atoms with van der Waals surface area (Å²) in [7, 11) is 0. The van der Waals surface area contributed by atoms with Crippen LogP contribution in [0, 0.1) is 0 Å². The van der Waals surface area contributed by atoms with Crippen LogP contribution in [0.25, 0.3) is 22.1 Å². The summed E-state index contributed by atoms with van der Waals surface area (Å²) >= 11 is 0. The molecule has 3 aromatic rings. The molecule has 0 saturated carbocycles. The molecular weight excluding hydrogens is 236 g/mol. The molecule has 18 heavy (non-hydrogen) atoms. The Kier molecular flexibility index (Phi) is 1.94. The van der Waals surface area contributed by atoms with E-state index in [0.717, 1.165) is 0 Å². The lowest BCUT2D eigenvalue weighted by Crippen LogP contribution is -1.89. The van der Waals surface area contributed by atoms with Crippen LogP contribution in [0.2, 0.25) is 0 Å². The predicted octanol–water partition coefficient (Wildman–Crippen LogP) is 1.61. The third kappa shape index (κ3) is 1.29. The smallest absolute Gasteiger partial charge is 0.143 e. The molecule has 0 spiro atoms. The van der Waals surface area contributed by atoms with Crippen molar-refractivity contribution < 1.29 is 20.4 Å². The molecule has 6 heteroatoms. The highest BCUT2D eigenvalue weighted by Gasteiger charge is 2.14. The molecule has 6 nitrogen and oxygen atoms in total. The molecule has 0 aliphatic heterocycles. The maximum absolute atomic E-state index is 9.66. The van der Waals surface area contributed by atoms with E-state index >= 15 is 0 Å². The Hall–Kier alpha value is -2.76. The van der Waals surface area contributed by atoms with Gasteiger partial charge in [-0.25, -0.2) is 9.97 Å².